The molecule has 0 radical (unpaired) electrons. The summed E-state index contributed by atoms with van der Waals surface area (Å²) in [6.45, 7) is 5.48. The summed E-state index contributed by atoms with van der Waals surface area (Å²) < 4.78 is 0. The van der Waals surface area contributed by atoms with Crippen molar-refractivity contribution >= 4 is 39.7 Å². The van der Waals surface area contributed by atoms with Crippen molar-refractivity contribution in [1.29, 1.82) is 0 Å². The molecule has 0 fully saturated rings. The summed E-state index contributed by atoms with van der Waals surface area (Å²) in [6, 6.07) is 9.38. The molecule has 2 N–H and O–H groups in total. The monoisotopic (exact) mass is 368 g/mol. The molecule has 134 valence electrons. The lowest BCUT2D eigenvalue weighted by atomic mass is 10.1. The van der Waals surface area contributed by atoms with Gasteiger partial charge in [0.05, 0.1) is 23.4 Å². The third-order valence-electron chi connectivity index (χ3n) is 3.89. The maximum atomic E-state index is 12.5. The van der Waals surface area contributed by atoms with Crippen LogP contribution in [0.25, 0.3) is 10.9 Å². The molecule has 3 rings (SSSR count). The molecule has 0 aliphatic carbocycles. The molecule has 26 heavy (non-hydrogen) atoms. The van der Waals surface area contributed by atoms with Gasteiger partial charge in [0.1, 0.15) is 10.7 Å². The summed E-state index contributed by atoms with van der Waals surface area (Å²) in [5.41, 5.74) is 1.82. The molecule has 2 aromatic heterocycles. The quantitative estimate of drug-likeness (QED) is 0.718. The van der Waals surface area contributed by atoms with Gasteiger partial charge in [0.25, 0.3) is 5.91 Å². The van der Waals surface area contributed by atoms with Gasteiger partial charge >= 0.3 is 0 Å². The van der Waals surface area contributed by atoms with E-state index in [1.165, 1.54) is 18.3 Å². The fraction of sp³-hybridized carbons (Fsp3) is 0.263. The van der Waals surface area contributed by atoms with Crippen molar-refractivity contribution < 1.29 is 9.59 Å². The predicted molar refractivity (Wildman–Crippen MR) is 103 cm³/mol. The molecular formula is C19H20N4O2S. The van der Waals surface area contributed by atoms with Gasteiger partial charge in [-0.3, -0.25) is 14.6 Å². The summed E-state index contributed by atoms with van der Waals surface area (Å²) in [4.78, 5) is 32.6. The van der Waals surface area contributed by atoms with Gasteiger partial charge in [0.15, 0.2) is 0 Å². The van der Waals surface area contributed by atoms with Gasteiger partial charge in [0, 0.05) is 17.7 Å². The molecule has 2 heterocycles. The second kappa shape index (κ2) is 7.61. The molecule has 0 aliphatic heterocycles. The van der Waals surface area contributed by atoms with Crippen LogP contribution in [0.15, 0.2) is 41.9 Å². The molecule has 0 bridgehead atoms. The number of nitrogens with zero attached hydrogens (tertiary/aromatic N) is 2. The van der Waals surface area contributed by atoms with Crippen LogP contribution < -0.4 is 10.6 Å². The lowest BCUT2D eigenvalue weighted by Crippen LogP contribution is -2.29. The zero-order chi connectivity index (χ0) is 18.7. The first-order valence-corrected chi connectivity index (χ1v) is 9.20. The van der Waals surface area contributed by atoms with E-state index < -0.39 is 0 Å². The number of aromatic nitrogens is 2. The van der Waals surface area contributed by atoms with Crippen LogP contribution in [0.1, 0.15) is 42.3 Å². The largest absolute Gasteiger partial charge is 0.347 e. The number of amides is 2. The fourth-order valence-corrected chi connectivity index (χ4v) is 3.62. The van der Waals surface area contributed by atoms with Crippen molar-refractivity contribution in [1.82, 2.24) is 15.3 Å². The molecule has 0 spiro atoms. The number of para-hydroxylation sites is 1. The highest BCUT2D eigenvalue weighted by Gasteiger charge is 2.22. The Labute approximate surface area is 155 Å². The molecule has 0 aliphatic rings. The molecule has 2 amide bonds. The van der Waals surface area contributed by atoms with Crippen LogP contribution in [0.2, 0.25) is 0 Å². The van der Waals surface area contributed by atoms with Gasteiger partial charge in [-0.1, -0.05) is 32.0 Å². The molecule has 6 nitrogen and oxygen atoms in total. The van der Waals surface area contributed by atoms with Crippen LogP contribution in [-0.4, -0.2) is 21.8 Å². The first-order chi connectivity index (χ1) is 12.4. The van der Waals surface area contributed by atoms with Crippen LogP contribution in [0.3, 0.4) is 0 Å². The highest BCUT2D eigenvalue weighted by Crippen LogP contribution is 2.25. The van der Waals surface area contributed by atoms with E-state index in [2.05, 4.69) is 20.6 Å². The van der Waals surface area contributed by atoms with Crippen molar-refractivity contribution in [3.63, 3.8) is 0 Å². The van der Waals surface area contributed by atoms with Gasteiger partial charge < -0.3 is 10.6 Å². The van der Waals surface area contributed by atoms with E-state index in [-0.39, 0.29) is 23.8 Å². The van der Waals surface area contributed by atoms with Crippen LogP contribution in [0.5, 0.6) is 0 Å². The minimum Gasteiger partial charge on any atom is -0.347 e. The first-order valence-electron chi connectivity index (χ1n) is 8.32. The number of fused-ring (bicyclic) bond motifs is 1. The number of pyridine rings is 1. The second-order valence-corrected chi connectivity index (χ2v) is 7.25. The number of carbonyl (C=O) groups excluding carboxylic acids is 2. The molecule has 0 saturated heterocycles. The third-order valence-corrected chi connectivity index (χ3v) is 4.82. The molecule has 1 atom stereocenters. The summed E-state index contributed by atoms with van der Waals surface area (Å²) in [7, 11) is 0. The summed E-state index contributed by atoms with van der Waals surface area (Å²) in [5.74, 6) is -0.243. The number of hydrogen-bond donors (Lipinski definition) is 2. The van der Waals surface area contributed by atoms with Crippen molar-refractivity contribution in [2.75, 3.05) is 5.32 Å². The Morgan fingerprint density at radius 1 is 1.19 bits per heavy atom. The van der Waals surface area contributed by atoms with E-state index in [1.54, 1.807) is 11.6 Å². The average molecular weight is 368 g/mol. The van der Waals surface area contributed by atoms with E-state index >= 15 is 0 Å². The van der Waals surface area contributed by atoms with E-state index in [0.29, 0.717) is 11.4 Å². The van der Waals surface area contributed by atoms with Gasteiger partial charge in [-0.15, -0.1) is 11.3 Å². The molecule has 0 saturated carbocycles. The molecular weight excluding hydrogens is 348 g/mol. The van der Waals surface area contributed by atoms with Crippen molar-refractivity contribution in [2.24, 2.45) is 5.92 Å². The normalized spacial score (nSPS) is 12.2. The zero-order valence-electron chi connectivity index (χ0n) is 14.8. The SMILES string of the molecule is CC(=O)N[C@@H](c1nc(C(=O)Nc2cnc3ccccc3c2)cs1)C(C)C. The third kappa shape index (κ3) is 4.05. The maximum Gasteiger partial charge on any atom is 0.275 e. The van der Waals surface area contributed by atoms with Crippen LogP contribution >= 0.6 is 11.3 Å². The highest BCUT2D eigenvalue weighted by atomic mass is 32.1. The minimum absolute atomic E-state index is 0.118. The summed E-state index contributed by atoms with van der Waals surface area (Å²) in [6.07, 6.45) is 1.63. The Hall–Kier alpha value is -2.80. The van der Waals surface area contributed by atoms with Crippen LogP contribution in [0.4, 0.5) is 5.69 Å². The number of thiazole rings is 1. The number of anilines is 1. The Bertz CT molecular complexity index is 951. The number of nitrogens with one attached hydrogen (secondary N) is 2. The number of carbonyl (C=O) groups is 2. The van der Waals surface area contributed by atoms with E-state index in [9.17, 15) is 9.59 Å². The van der Waals surface area contributed by atoms with E-state index in [1.807, 2.05) is 44.2 Å². The Morgan fingerprint density at radius 3 is 2.69 bits per heavy atom. The summed E-state index contributed by atoms with van der Waals surface area (Å²) >= 11 is 1.37. The predicted octanol–water partition coefficient (Wildman–Crippen LogP) is 3.78. The lowest BCUT2D eigenvalue weighted by Gasteiger charge is -2.18. The van der Waals surface area contributed by atoms with Gasteiger partial charge in [-0.2, -0.15) is 0 Å². The first kappa shape index (κ1) is 18.0. The zero-order valence-corrected chi connectivity index (χ0v) is 15.6. The molecule has 0 unspecified atom stereocenters. The lowest BCUT2D eigenvalue weighted by molar-refractivity contribution is -0.120. The Balaban J connectivity index is 1.77. The molecule has 1 aromatic carbocycles. The van der Waals surface area contributed by atoms with Crippen molar-refractivity contribution in [3.8, 4) is 0 Å². The van der Waals surface area contributed by atoms with Crippen molar-refractivity contribution in [3.05, 3.63) is 52.6 Å². The van der Waals surface area contributed by atoms with E-state index in [4.69, 9.17) is 0 Å². The van der Waals surface area contributed by atoms with E-state index in [0.717, 1.165) is 15.9 Å². The van der Waals surface area contributed by atoms with Crippen LogP contribution in [0, 0.1) is 5.92 Å². The summed E-state index contributed by atoms with van der Waals surface area (Å²) in [5, 5.41) is 9.09. The smallest absolute Gasteiger partial charge is 0.275 e. The topological polar surface area (TPSA) is 84.0 Å². The van der Waals surface area contributed by atoms with Crippen LogP contribution in [-0.2, 0) is 4.79 Å². The van der Waals surface area contributed by atoms with Gasteiger partial charge in [0.2, 0.25) is 5.91 Å². The minimum atomic E-state index is -0.296. The van der Waals surface area contributed by atoms with Gasteiger partial charge in [-0.25, -0.2) is 4.98 Å². The number of benzene rings is 1. The molecule has 3 aromatic rings. The second-order valence-electron chi connectivity index (χ2n) is 6.36. The number of rotatable bonds is 5. The maximum absolute atomic E-state index is 12.5. The molecule has 7 heteroatoms. The highest BCUT2D eigenvalue weighted by molar-refractivity contribution is 7.10. The number of hydrogen-bond acceptors (Lipinski definition) is 5. The van der Waals surface area contributed by atoms with Crippen molar-refractivity contribution in [2.45, 2.75) is 26.8 Å². The Kier molecular flexibility index (Phi) is 5.27. The van der Waals surface area contributed by atoms with Gasteiger partial charge in [-0.05, 0) is 18.1 Å². The average Bonchev–Trinajstić information content (AvgIpc) is 3.09. The fourth-order valence-electron chi connectivity index (χ4n) is 2.60. The standard InChI is InChI=1S/C19H20N4O2S/c1-11(2)17(21-12(3)24)19-23-16(10-26-19)18(25)22-14-8-13-6-4-5-7-15(13)20-9-14/h4-11,17H,1-3H3,(H,21,24)(H,22,25)/t17-/m1/s1. The Morgan fingerprint density at radius 2 is 1.96 bits per heavy atom.